The van der Waals surface area contributed by atoms with Crippen molar-refractivity contribution in [1.82, 2.24) is 0 Å². The fourth-order valence-electron chi connectivity index (χ4n) is 0.992. The summed E-state index contributed by atoms with van der Waals surface area (Å²) in [6.45, 7) is 0. The maximum absolute atomic E-state index is 3.11. The van der Waals surface area contributed by atoms with E-state index in [0.717, 1.165) is 5.56 Å². The third kappa shape index (κ3) is 2.44. The first-order chi connectivity index (χ1) is 4.97. The average molecular weight is 140 g/mol. The van der Waals surface area contributed by atoms with Crippen molar-refractivity contribution in [2.24, 2.45) is 0 Å². The zero-order chi connectivity index (χ0) is 6.81. The van der Waals surface area contributed by atoms with Crippen molar-refractivity contribution < 1.29 is 37.7 Å². The topological polar surface area (TPSA) is 0 Å². The number of hydrogen-bond donors (Lipinski definition) is 0. The van der Waals surface area contributed by atoms with Gasteiger partial charge in [0.2, 0.25) is 0 Å². The van der Waals surface area contributed by atoms with Gasteiger partial charge in [0.25, 0.3) is 0 Å². The van der Waals surface area contributed by atoms with Gasteiger partial charge < -0.3 is 0 Å². The molecular weight excluding hydrogens is 134 g/mol. The second-order valence-electron chi connectivity index (χ2n) is 2.17. The van der Waals surface area contributed by atoms with E-state index in [1.165, 1.54) is 5.56 Å². The van der Waals surface area contributed by atoms with Crippen LogP contribution < -0.4 is 37.7 Å². The van der Waals surface area contributed by atoms with Crippen LogP contribution in [-0.2, 0) is 0 Å². The van der Waals surface area contributed by atoms with Crippen LogP contribution in [0.3, 0.4) is 0 Å². The molecule has 0 nitrogen and oxygen atoms in total. The third-order valence-electron chi connectivity index (χ3n) is 1.49. The summed E-state index contributed by atoms with van der Waals surface area (Å²) in [6.07, 6.45) is 0. The van der Waals surface area contributed by atoms with Crippen LogP contribution in [0, 0.1) is 12.1 Å². The van der Waals surface area contributed by atoms with Gasteiger partial charge in [0.15, 0.2) is 0 Å². The molecule has 0 amide bonds. The quantitative estimate of drug-likeness (QED) is 0.262. The van der Waals surface area contributed by atoms with E-state index in [-0.39, 0.29) is 37.7 Å². The van der Waals surface area contributed by atoms with Gasteiger partial charge in [-0.05, 0) is 0 Å². The molecule has 0 atom stereocenters. The predicted octanol–water partition coefficient (Wildman–Crippen LogP) is -3.60. The fourth-order valence-corrected chi connectivity index (χ4v) is 0.992. The molecule has 0 fully saturated rings. The molecule has 0 aromatic carbocycles. The van der Waals surface area contributed by atoms with Crippen molar-refractivity contribution in [2.75, 3.05) is 0 Å². The summed E-state index contributed by atoms with van der Waals surface area (Å²) in [7, 11) is 0. The van der Waals surface area contributed by atoms with Crippen LogP contribution in [0.2, 0.25) is 0 Å². The summed E-state index contributed by atoms with van der Waals surface area (Å²) >= 11 is 0. The van der Waals surface area contributed by atoms with E-state index in [4.69, 9.17) is 0 Å². The van der Waals surface area contributed by atoms with Gasteiger partial charge >= 0.3 is 37.7 Å². The van der Waals surface area contributed by atoms with Crippen molar-refractivity contribution in [1.29, 1.82) is 0 Å². The van der Waals surface area contributed by atoms with Gasteiger partial charge in [-0.1, -0.05) is 0 Å². The van der Waals surface area contributed by atoms with Crippen LogP contribution in [0.15, 0.2) is 36.4 Å². The summed E-state index contributed by atoms with van der Waals surface area (Å²) in [4.78, 5) is 0. The van der Waals surface area contributed by atoms with E-state index in [1.807, 2.05) is 30.3 Å². The van der Waals surface area contributed by atoms with Gasteiger partial charge in [0, 0.05) is 0 Å². The van der Waals surface area contributed by atoms with Gasteiger partial charge in [-0.25, -0.2) is 12.1 Å². The van der Waals surface area contributed by atoms with Crippen LogP contribution in [0.25, 0.3) is 11.1 Å². The second-order valence-corrected chi connectivity index (χ2v) is 2.17. The monoisotopic (exact) mass is 140 g/mol. The maximum atomic E-state index is 3.11. The SMILES string of the molecule is [Li+].[Li+].[c-]1ccccc2cc[c-]c1-2. The minimum Gasteiger partial charge on any atom is -0.285 e. The Labute approximate surface area is 97.1 Å². The molecule has 0 bridgehead atoms. The number of hydrogen-bond acceptors (Lipinski definition) is 0. The number of fused-ring (bicyclic) bond motifs is 1. The smallest absolute Gasteiger partial charge is 0.285 e. The molecule has 0 spiro atoms. The minimum atomic E-state index is 0. The van der Waals surface area contributed by atoms with Gasteiger partial charge in [0.05, 0.1) is 0 Å². The first-order valence-electron chi connectivity index (χ1n) is 3.24. The normalized spacial score (nSPS) is 8.33. The van der Waals surface area contributed by atoms with Gasteiger partial charge in [0.1, 0.15) is 0 Å². The van der Waals surface area contributed by atoms with Gasteiger partial charge in [-0.15, -0.1) is 0 Å². The molecule has 2 aliphatic rings. The predicted molar refractivity (Wildman–Crippen MR) is 40.7 cm³/mol. The van der Waals surface area contributed by atoms with Crippen molar-refractivity contribution >= 4 is 0 Å². The second kappa shape index (κ2) is 5.52. The summed E-state index contributed by atoms with van der Waals surface area (Å²) in [5.41, 5.74) is 2.26. The van der Waals surface area contributed by atoms with E-state index in [2.05, 4.69) is 18.2 Å². The minimum absolute atomic E-state index is 0. The molecule has 0 aromatic rings. The molecule has 0 saturated heterocycles. The first-order valence-corrected chi connectivity index (χ1v) is 3.24. The Morgan fingerprint density at radius 2 is 1.58 bits per heavy atom. The third-order valence-corrected chi connectivity index (χ3v) is 1.49. The van der Waals surface area contributed by atoms with Crippen LogP contribution in [0.1, 0.15) is 0 Å². The van der Waals surface area contributed by atoms with E-state index in [9.17, 15) is 0 Å². The van der Waals surface area contributed by atoms with E-state index >= 15 is 0 Å². The molecule has 0 N–H and O–H groups in total. The average Bonchev–Trinajstić information content (AvgIpc) is 2.28. The molecule has 0 heterocycles. The van der Waals surface area contributed by atoms with E-state index in [1.54, 1.807) is 0 Å². The molecular formula is C10H6Li2. The van der Waals surface area contributed by atoms with Gasteiger partial charge in [-0.3, -0.25) is 17.7 Å². The van der Waals surface area contributed by atoms with Crippen molar-refractivity contribution in [3.05, 3.63) is 48.5 Å². The largest absolute Gasteiger partial charge is 1.00 e. The molecule has 0 aromatic heterocycles. The Kier molecular flexibility index (Phi) is 5.48. The summed E-state index contributed by atoms with van der Waals surface area (Å²) in [5, 5.41) is 0. The Morgan fingerprint density at radius 1 is 0.833 bits per heavy atom. The van der Waals surface area contributed by atoms with Crippen LogP contribution in [0.4, 0.5) is 0 Å². The van der Waals surface area contributed by atoms with E-state index < -0.39 is 0 Å². The Bertz CT molecular complexity index is 279. The molecule has 2 rings (SSSR count). The fraction of sp³-hybridized carbons (Fsp3) is 0. The van der Waals surface area contributed by atoms with Gasteiger partial charge in [-0.2, -0.15) is 29.8 Å². The molecule has 48 valence electrons. The standard InChI is InChI=1S/C10H6.2Li/c1-2-5-9-7-4-8-10(9)6-3-1;;/h1-5,7H;;/q-2;2*+1. The molecule has 2 heteroatoms. The van der Waals surface area contributed by atoms with Crippen LogP contribution in [-0.4, -0.2) is 0 Å². The Balaban J connectivity index is 0.000000605. The summed E-state index contributed by atoms with van der Waals surface area (Å²) in [6, 6.07) is 18.1. The summed E-state index contributed by atoms with van der Waals surface area (Å²) < 4.78 is 0. The Hall–Kier alpha value is -0.105. The molecule has 0 unspecified atom stereocenters. The maximum Gasteiger partial charge on any atom is 1.00 e. The van der Waals surface area contributed by atoms with Crippen LogP contribution in [0.5, 0.6) is 0 Å². The molecule has 0 saturated carbocycles. The first kappa shape index (κ1) is 11.9. The van der Waals surface area contributed by atoms with Crippen molar-refractivity contribution in [3.8, 4) is 11.1 Å². The number of rotatable bonds is 0. The summed E-state index contributed by atoms with van der Waals surface area (Å²) in [5.74, 6) is 0. The Morgan fingerprint density at radius 3 is 2.42 bits per heavy atom. The zero-order valence-corrected chi connectivity index (χ0v) is 7.46. The molecule has 2 aliphatic carbocycles. The molecule has 0 aliphatic heterocycles. The van der Waals surface area contributed by atoms with Crippen molar-refractivity contribution in [3.63, 3.8) is 0 Å². The zero-order valence-electron chi connectivity index (χ0n) is 7.46. The van der Waals surface area contributed by atoms with Crippen LogP contribution >= 0.6 is 0 Å². The molecule has 12 heavy (non-hydrogen) atoms. The van der Waals surface area contributed by atoms with E-state index in [0.29, 0.717) is 0 Å². The molecule has 0 radical (unpaired) electrons. The van der Waals surface area contributed by atoms with Crippen molar-refractivity contribution in [2.45, 2.75) is 0 Å².